The molecule has 0 bridgehead atoms. The Kier molecular flexibility index (Phi) is 5.03. The fourth-order valence-corrected chi connectivity index (χ4v) is 6.39. The third-order valence-electron chi connectivity index (χ3n) is 7.63. The summed E-state index contributed by atoms with van der Waals surface area (Å²) in [6, 6.07) is 15.0. The molecule has 3 heterocycles. The summed E-state index contributed by atoms with van der Waals surface area (Å²) in [5.41, 5.74) is 4.83. The number of nitrogens with one attached hydrogen (secondary N) is 1. The number of aromatic amines is 1. The van der Waals surface area contributed by atoms with Crippen LogP contribution in [0.2, 0.25) is 0 Å². The van der Waals surface area contributed by atoms with Gasteiger partial charge in [-0.3, -0.25) is 9.69 Å². The van der Waals surface area contributed by atoms with Gasteiger partial charge in [0.15, 0.2) is 0 Å². The summed E-state index contributed by atoms with van der Waals surface area (Å²) in [6.45, 7) is 0.712. The molecule has 1 saturated heterocycles. The Hall–Kier alpha value is -2.31. The second-order valence-corrected chi connectivity index (χ2v) is 10.3. The van der Waals surface area contributed by atoms with Crippen molar-refractivity contribution in [3.05, 3.63) is 63.8 Å². The van der Waals surface area contributed by atoms with Crippen molar-refractivity contribution in [1.29, 1.82) is 0 Å². The number of fused-ring (bicyclic) bond motifs is 4. The van der Waals surface area contributed by atoms with E-state index in [0.717, 1.165) is 35.0 Å². The second kappa shape index (κ2) is 7.92. The number of halogens is 1. The zero-order chi connectivity index (χ0) is 21.8. The summed E-state index contributed by atoms with van der Waals surface area (Å²) in [6.07, 6.45) is 6.81. The van der Waals surface area contributed by atoms with E-state index in [-0.39, 0.29) is 12.1 Å². The van der Waals surface area contributed by atoms with Gasteiger partial charge in [-0.2, -0.15) is 0 Å². The number of hydrogen-bond donors (Lipinski definition) is 1. The molecule has 6 heteroatoms. The van der Waals surface area contributed by atoms with E-state index in [2.05, 4.69) is 61.0 Å². The van der Waals surface area contributed by atoms with E-state index >= 15 is 0 Å². The molecule has 1 N–H and O–H groups in total. The molecular formula is C26H28BrN3O2. The van der Waals surface area contributed by atoms with E-state index in [9.17, 15) is 4.79 Å². The van der Waals surface area contributed by atoms with Crippen LogP contribution < -0.4 is 4.74 Å². The van der Waals surface area contributed by atoms with Gasteiger partial charge in [-0.1, -0.05) is 47.3 Å². The minimum Gasteiger partial charge on any atom is -0.497 e. The van der Waals surface area contributed by atoms with Crippen LogP contribution in [-0.2, 0) is 11.2 Å². The van der Waals surface area contributed by atoms with Crippen molar-refractivity contribution in [3.8, 4) is 5.75 Å². The summed E-state index contributed by atoms with van der Waals surface area (Å²) < 4.78 is 6.46. The zero-order valence-corrected chi connectivity index (χ0v) is 19.9. The van der Waals surface area contributed by atoms with Crippen molar-refractivity contribution in [3.63, 3.8) is 0 Å². The average Bonchev–Trinajstić information content (AvgIpc) is 3.35. The number of methoxy groups -OCH3 is 1. The number of hydrogen-bond acceptors (Lipinski definition) is 3. The molecule has 3 aliphatic rings. The van der Waals surface area contributed by atoms with Crippen LogP contribution in [0.3, 0.4) is 0 Å². The lowest BCUT2D eigenvalue weighted by molar-refractivity contribution is -0.131. The molecular weight excluding hydrogens is 466 g/mol. The summed E-state index contributed by atoms with van der Waals surface area (Å²) in [5.74, 6) is 1.16. The first-order chi connectivity index (χ1) is 15.6. The molecule has 2 aliphatic heterocycles. The molecule has 166 valence electrons. The molecule has 2 fully saturated rings. The maximum absolute atomic E-state index is 13.7. The Morgan fingerprint density at radius 1 is 1.06 bits per heavy atom. The number of H-pyrrole nitrogens is 1. The summed E-state index contributed by atoms with van der Waals surface area (Å²) in [5, 5.41) is 1.22. The highest BCUT2D eigenvalue weighted by atomic mass is 79.9. The molecule has 1 saturated carbocycles. The van der Waals surface area contributed by atoms with E-state index in [1.165, 1.54) is 41.5 Å². The van der Waals surface area contributed by atoms with Gasteiger partial charge in [-0.05, 0) is 60.7 Å². The molecule has 1 amide bonds. The molecule has 2 unspecified atom stereocenters. The predicted molar refractivity (Wildman–Crippen MR) is 129 cm³/mol. The third kappa shape index (κ3) is 3.19. The summed E-state index contributed by atoms with van der Waals surface area (Å²) in [4.78, 5) is 22.0. The Labute approximate surface area is 196 Å². The fourth-order valence-electron chi connectivity index (χ4n) is 6.03. The van der Waals surface area contributed by atoms with Gasteiger partial charge in [-0.15, -0.1) is 0 Å². The van der Waals surface area contributed by atoms with Gasteiger partial charge in [0.1, 0.15) is 5.75 Å². The number of benzene rings is 2. The molecule has 6 rings (SSSR count). The van der Waals surface area contributed by atoms with Gasteiger partial charge in [0, 0.05) is 27.1 Å². The van der Waals surface area contributed by atoms with E-state index in [1.807, 2.05) is 12.1 Å². The molecule has 1 aromatic heterocycles. The Morgan fingerprint density at radius 3 is 2.59 bits per heavy atom. The molecule has 32 heavy (non-hydrogen) atoms. The van der Waals surface area contributed by atoms with Crippen molar-refractivity contribution < 1.29 is 9.53 Å². The number of carbonyl (C=O) groups is 1. The number of aromatic nitrogens is 1. The van der Waals surface area contributed by atoms with Crippen LogP contribution >= 0.6 is 15.9 Å². The number of ether oxygens (including phenoxy) is 1. The molecule has 0 spiro atoms. The fraction of sp³-hybridized carbons (Fsp3) is 0.423. The monoisotopic (exact) mass is 493 g/mol. The highest BCUT2D eigenvalue weighted by Gasteiger charge is 2.49. The lowest BCUT2D eigenvalue weighted by Gasteiger charge is -2.36. The lowest BCUT2D eigenvalue weighted by Crippen LogP contribution is -2.42. The first-order valence-electron chi connectivity index (χ1n) is 11.6. The van der Waals surface area contributed by atoms with Gasteiger partial charge < -0.3 is 14.6 Å². The molecule has 1 aliphatic carbocycles. The van der Waals surface area contributed by atoms with Crippen LogP contribution in [0.5, 0.6) is 5.75 Å². The number of amides is 1. The van der Waals surface area contributed by atoms with Crippen molar-refractivity contribution in [1.82, 2.24) is 14.8 Å². The van der Waals surface area contributed by atoms with Gasteiger partial charge in [0.25, 0.3) is 0 Å². The van der Waals surface area contributed by atoms with Gasteiger partial charge in [0.2, 0.25) is 5.91 Å². The first kappa shape index (κ1) is 20.3. The van der Waals surface area contributed by atoms with Gasteiger partial charge in [-0.25, -0.2) is 0 Å². The largest absolute Gasteiger partial charge is 0.497 e. The normalized spacial score (nSPS) is 24.1. The second-order valence-electron chi connectivity index (χ2n) is 9.36. The number of carbonyl (C=O) groups excluding carboxylic acids is 1. The molecule has 0 radical (unpaired) electrons. The van der Waals surface area contributed by atoms with Crippen LogP contribution in [0.4, 0.5) is 0 Å². The maximum atomic E-state index is 13.7. The minimum atomic E-state index is -0.102. The molecule has 2 atom stereocenters. The van der Waals surface area contributed by atoms with Crippen molar-refractivity contribution in [2.24, 2.45) is 0 Å². The third-order valence-corrected chi connectivity index (χ3v) is 8.13. The van der Waals surface area contributed by atoms with Crippen LogP contribution in [0.15, 0.2) is 46.9 Å². The van der Waals surface area contributed by atoms with E-state index < -0.39 is 0 Å². The van der Waals surface area contributed by atoms with E-state index in [1.54, 1.807) is 7.11 Å². The van der Waals surface area contributed by atoms with E-state index in [4.69, 9.17) is 4.74 Å². The highest BCUT2D eigenvalue weighted by molar-refractivity contribution is 9.10. The maximum Gasteiger partial charge on any atom is 0.241 e. The quantitative estimate of drug-likeness (QED) is 0.532. The van der Waals surface area contributed by atoms with Crippen LogP contribution in [0.25, 0.3) is 10.9 Å². The molecule has 2 aromatic carbocycles. The Balaban J connectivity index is 1.46. The zero-order valence-electron chi connectivity index (χ0n) is 18.3. The van der Waals surface area contributed by atoms with Crippen molar-refractivity contribution in [2.75, 3.05) is 13.8 Å². The number of rotatable bonds is 3. The SMILES string of the molecule is COc1ccc(C2c3[nH]c4ccc(Br)cc4c3CC3C(=O)N(C4CCCCC4)CN32)cc1. The first-order valence-corrected chi connectivity index (χ1v) is 12.4. The highest BCUT2D eigenvalue weighted by Crippen LogP contribution is 2.44. The molecule has 5 nitrogen and oxygen atoms in total. The Morgan fingerprint density at radius 2 is 1.84 bits per heavy atom. The standard InChI is InChI=1S/C26H28BrN3O2/c1-32-19-10-7-16(8-11-19)25-24-21(20-13-17(27)9-12-22(20)28-24)14-23-26(31)29(15-30(23)25)18-5-3-2-4-6-18/h7-13,18,23,25,28H,2-6,14-15H2,1H3. The topological polar surface area (TPSA) is 48.6 Å². The van der Waals surface area contributed by atoms with E-state index in [0.29, 0.717) is 18.6 Å². The summed E-state index contributed by atoms with van der Waals surface area (Å²) in [7, 11) is 1.69. The van der Waals surface area contributed by atoms with Crippen LogP contribution in [0.1, 0.15) is 55.0 Å². The van der Waals surface area contributed by atoms with Gasteiger partial charge >= 0.3 is 0 Å². The smallest absolute Gasteiger partial charge is 0.241 e. The Bertz CT molecular complexity index is 1170. The minimum absolute atomic E-state index is 0.0263. The van der Waals surface area contributed by atoms with Crippen LogP contribution in [-0.4, -0.2) is 46.6 Å². The lowest BCUT2D eigenvalue weighted by atomic mass is 9.88. The number of nitrogens with zero attached hydrogens (tertiary/aromatic N) is 2. The van der Waals surface area contributed by atoms with Crippen molar-refractivity contribution >= 4 is 32.7 Å². The molecule has 3 aromatic rings. The van der Waals surface area contributed by atoms with Gasteiger partial charge in [0.05, 0.1) is 25.9 Å². The van der Waals surface area contributed by atoms with Crippen LogP contribution in [0, 0.1) is 0 Å². The summed E-state index contributed by atoms with van der Waals surface area (Å²) >= 11 is 3.64. The van der Waals surface area contributed by atoms with Crippen molar-refractivity contribution in [2.45, 2.75) is 56.7 Å². The average molecular weight is 494 g/mol. The predicted octanol–water partition coefficient (Wildman–Crippen LogP) is 5.39.